The number of allylic oxidation sites excluding steroid dienone is 2. The molecule has 296 valence electrons. The van der Waals surface area contributed by atoms with E-state index in [9.17, 15) is 0 Å². The van der Waals surface area contributed by atoms with Crippen LogP contribution in [0.15, 0.2) is 83.2 Å². The molecule has 1 saturated heterocycles. The molecule has 2 aliphatic carbocycles. The van der Waals surface area contributed by atoms with Gasteiger partial charge in [-0.05, 0) is 0 Å². The Bertz CT molecular complexity index is 2070. The molecule has 2 atom stereocenters. The molecule has 0 bridgehead atoms. The molecular weight excluding hydrogens is 919 g/mol. The molecule has 0 radical (unpaired) electrons. The molecule has 4 aromatic carbocycles. The fourth-order valence-corrected chi connectivity index (χ4v) is 49.0. The van der Waals surface area contributed by atoms with Gasteiger partial charge in [-0.1, -0.05) is 0 Å². The predicted octanol–water partition coefficient (Wildman–Crippen LogP) is 13.4. The molecule has 0 spiro atoms. The van der Waals surface area contributed by atoms with Gasteiger partial charge in [-0.2, -0.15) is 0 Å². The predicted molar refractivity (Wildman–Crippen MR) is 265 cm³/mol. The minimum absolute atomic E-state index is 0.632. The fourth-order valence-electron chi connectivity index (χ4n) is 11.3. The molecule has 1 aliphatic heterocycles. The molecule has 0 aromatic heterocycles. The SMILES string of the molecule is CC(C)[Si]1(C(C)C)C2=Cc3c(-c4cc([Si](C)(C)C)cc([Si](C)(C)C)c4)cccc3[CH]2[Hf]([CH3])([CH3])[CH]2C1=Cc1c(-c3cc([Si](C)(C)C)cc([Si](C)(C)C)c3)cccc12. The number of rotatable bonds is 8. The van der Waals surface area contributed by atoms with Crippen LogP contribution in [0.4, 0.5) is 0 Å². The first-order valence-corrected chi connectivity index (χ1v) is 49.2. The number of hydrogen-bond acceptors (Lipinski definition) is 0. The molecule has 0 saturated carbocycles. The second-order valence-corrected chi connectivity index (χ2v) is 66.0. The van der Waals surface area contributed by atoms with E-state index in [0.29, 0.717) is 18.4 Å². The Morgan fingerprint density at radius 1 is 0.464 bits per heavy atom. The van der Waals surface area contributed by atoms with Gasteiger partial charge in [0.15, 0.2) is 0 Å². The average Bonchev–Trinajstić information content (AvgIpc) is 3.67. The second-order valence-electron chi connectivity index (χ2n) is 23.3. The summed E-state index contributed by atoms with van der Waals surface area (Å²) >= 11 is -3.25. The Kier molecular flexibility index (Phi) is 10.6. The maximum absolute atomic E-state index is 3.25. The summed E-state index contributed by atoms with van der Waals surface area (Å²) in [5.41, 5.74) is 13.7. The summed E-state index contributed by atoms with van der Waals surface area (Å²) in [4.78, 5) is 0. The fraction of sp³-hybridized carbons (Fsp3) is 0.440. The summed E-state index contributed by atoms with van der Waals surface area (Å²) in [7, 11) is -8.28. The van der Waals surface area contributed by atoms with Crippen molar-refractivity contribution < 1.29 is 20.0 Å². The van der Waals surface area contributed by atoms with Crippen molar-refractivity contribution in [3.05, 3.63) is 105 Å². The Balaban J connectivity index is 1.49. The molecule has 7 rings (SSSR count). The molecule has 0 amide bonds. The molecule has 2 unspecified atom stereocenters. The average molecular weight is 992 g/mol. The summed E-state index contributed by atoms with van der Waals surface area (Å²) in [5, 5.41) is 10.3. The molecule has 3 aliphatic rings. The van der Waals surface area contributed by atoms with Crippen LogP contribution >= 0.6 is 0 Å². The van der Waals surface area contributed by atoms with E-state index in [0.717, 1.165) is 0 Å². The first-order chi connectivity index (χ1) is 25.7. The molecule has 1 fully saturated rings. The number of fused-ring (bicyclic) bond motifs is 6. The summed E-state index contributed by atoms with van der Waals surface area (Å²) in [6.07, 6.45) is 5.69. The third-order valence-corrected chi connectivity index (χ3v) is 46.1. The van der Waals surface area contributed by atoms with E-state index in [-0.39, 0.29) is 0 Å². The van der Waals surface area contributed by atoms with Gasteiger partial charge >= 0.3 is 355 Å². The van der Waals surface area contributed by atoms with Crippen molar-refractivity contribution in [2.24, 2.45) is 0 Å². The molecule has 56 heavy (non-hydrogen) atoms. The maximum atomic E-state index is 2.86. The Morgan fingerprint density at radius 3 is 1.04 bits per heavy atom. The second kappa shape index (κ2) is 13.9. The molecule has 4 aromatic rings. The Hall–Kier alpha value is -1.69. The first kappa shape index (κ1) is 42.4. The van der Waals surface area contributed by atoms with Crippen molar-refractivity contribution in [2.75, 3.05) is 0 Å². The monoisotopic (exact) mass is 992 g/mol. The summed E-state index contributed by atoms with van der Waals surface area (Å²) < 4.78 is 6.99. The summed E-state index contributed by atoms with van der Waals surface area (Å²) in [6, 6.07) is 30.6. The van der Waals surface area contributed by atoms with Gasteiger partial charge in [0, 0.05) is 0 Å². The van der Waals surface area contributed by atoms with Gasteiger partial charge in [0.2, 0.25) is 0 Å². The van der Waals surface area contributed by atoms with Gasteiger partial charge in [0.1, 0.15) is 0 Å². The van der Waals surface area contributed by atoms with Gasteiger partial charge in [0.05, 0.1) is 0 Å². The van der Waals surface area contributed by atoms with Crippen molar-refractivity contribution in [3.63, 3.8) is 0 Å². The van der Waals surface area contributed by atoms with Gasteiger partial charge < -0.3 is 0 Å². The Morgan fingerprint density at radius 2 is 0.768 bits per heavy atom. The van der Waals surface area contributed by atoms with Crippen LogP contribution in [0.2, 0.25) is 99.0 Å². The summed E-state index contributed by atoms with van der Waals surface area (Å²) in [6.45, 7) is 40.8. The van der Waals surface area contributed by atoms with Crippen molar-refractivity contribution in [1.29, 1.82) is 0 Å². The third-order valence-electron chi connectivity index (χ3n) is 14.3. The van der Waals surface area contributed by atoms with E-state index >= 15 is 0 Å². The van der Waals surface area contributed by atoms with Crippen molar-refractivity contribution in [2.45, 2.75) is 134 Å². The van der Waals surface area contributed by atoms with Crippen molar-refractivity contribution in [1.82, 2.24) is 0 Å². The van der Waals surface area contributed by atoms with Crippen LogP contribution in [0, 0.1) is 0 Å². The van der Waals surface area contributed by atoms with E-state index < -0.39 is 60.3 Å². The van der Waals surface area contributed by atoms with Crippen LogP contribution in [0.25, 0.3) is 34.4 Å². The molecule has 0 nitrogen and oxygen atoms in total. The molecule has 0 N–H and O–H groups in total. The zero-order valence-corrected chi connectivity index (χ0v) is 47.0. The summed E-state index contributed by atoms with van der Waals surface area (Å²) in [5.74, 6) is 0. The standard InChI is InChI=1S/C48H66Si5.2CH3.Hf/c1-33(2)53(34(3)4,43-23-35-19-17-21-45(47(35)31-43)37-25-39(49(5,6)7)29-40(26-37)50(8,9)10)44-24-36-20-18-22-46(48(36)32-44)38-27-41(51(11,12)13)30-42(28-38)52(14,15)16;;;/h17-34H,1-16H3;2*1H3;. The number of benzene rings is 4. The normalized spacial score (nSPS) is 20.1. The topological polar surface area (TPSA) is 0 Å². The van der Waals surface area contributed by atoms with E-state index in [2.05, 4.69) is 201 Å². The van der Waals surface area contributed by atoms with Gasteiger partial charge in [-0.15, -0.1) is 0 Å². The van der Waals surface area contributed by atoms with Crippen LogP contribution < -0.4 is 20.7 Å². The van der Waals surface area contributed by atoms with E-state index in [1.807, 2.05) is 10.4 Å². The van der Waals surface area contributed by atoms with Crippen molar-refractivity contribution in [3.8, 4) is 22.3 Å². The van der Waals surface area contributed by atoms with Crippen molar-refractivity contribution >= 4 is 73.3 Å². The molecular formula is C50H72HfSi5. The molecule has 1 heterocycles. The Labute approximate surface area is 352 Å². The van der Waals surface area contributed by atoms with Crippen LogP contribution in [0.5, 0.6) is 0 Å². The van der Waals surface area contributed by atoms with Gasteiger partial charge in [-0.3, -0.25) is 0 Å². The zero-order valence-electron chi connectivity index (χ0n) is 38.4. The van der Waals surface area contributed by atoms with E-state index in [1.54, 1.807) is 43.0 Å². The van der Waals surface area contributed by atoms with Crippen LogP contribution in [-0.4, -0.2) is 40.4 Å². The minimum atomic E-state index is -3.25. The molecule has 6 heteroatoms. The quantitative estimate of drug-likeness (QED) is 0.154. The van der Waals surface area contributed by atoms with Gasteiger partial charge in [0.25, 0.3) is 0 Å². The van der Waals surface area contributed by atoms with E-state index in [4.69, 9.17) is 0 Å². The zero-order chi connectivity index (χ0) is 41.3. The van der Waals surface area contributed by atoms with Gasteiger partial charge in [-0.25, -0.2) is 0 Å². The van der Waals surface area contributed by atoms with Crippen LogP contribution in [-0.2, 0) is 20.0 Å². The first-order valence-electron chi connectivity index (χ1n) is 21.7. The van der Waals surface area contributed by atoms with Crippen LogP contribution in [0.1, 0.15) is 57.3 Å². The van der Waals surface area contributed by atoms with Crippen LogP contribution in [0.3, 0.4) is 0 Å². The van der Waals surface area contributed by atoms with E-state index in [1.165, 1.54) is 22.3 Å². The third kappa shape index (κ3) is 6.80. The number of hydrogen-bond donors (Lipinski definition) is 0.